The van der Waals surface area contributed by atoms with Crippen molar-refractivity contribution in [2.24, 2.45) is 5.92 Å². The Hall–Kier alpha value is -1.75. The van der Waals surface area contributed by atoms with Crippen molar-refractivity contribution >= 4 is 11.6 Å². The lowest BCUT2D eigenvalue weighted by atomic mass is 9.99. The van der Waals surface area contributed by atoms with Crippen LogP contribution >= 0.6 is 0 Å². The van der Waals surface area contributed by atoms with Crippen molar-refractivity contribution in [1.82, 2.24) is 4.90 Å². The molecule has 1 aliphatic rings. The SMILES string of the molecule is Nc1ccccc1OCC(=O)N1CCCC(CO)C1. The highest BCUT2D eigenvalue weighted by Gasteiger charge is 2.23. The zero-order valence-electron chi connectivity index (χ0n) is 10.9. The lowest BCUT2D eigenvalue weighted by molar-refractivity contribution is -0.135. The maximum absolute atomic E-state index is 12.0. The minimum atomic E-state index is -0.0543. The largest absolute Gasteiger partial charge is 0.482 e. The third-order valence-electron chi connectivity index (χ3n) is 3.40. The minimum absolute atomic E-state index is 0.00758. The summed E-state index contributed by atoms with van der Waals surface area (Å²) >= 11 is 0. The van der Waals surface area contributed by atoms with Gasteiger partial charge in [-0.2, -0.15) is 0 Å². The molecule has 0 aromatic heterocycles. The molecule has 19 heavy (non-hydrogen) atoms. The Balaban J connectivity index is 1.86. The first kappa shape index (κ1) is 13.7. The molecule has 0 radical (unpaired) electrons. The minimum Gasteiger partial charge on any atom is -0.482 e. The van der Waals surface area contributed by atoms with Crippen LogP contribution in [0.1, 0.15) is 12.8 Å². The van der Waals surface area contributed by atoms with E-state index in [2.05, 4.69) is 0 Å². The van der Waals surface area contributed by atoms with Crippen molar-refractivity contribution in [3.63, 3.8) is 0 Å². The first-order valence-electron chi connectivity index (χ1n) is 6.56. The van der Waals surface area contributed by atoms with E-state index in [0.717, 1.165) is 19.4 Å². The van der Waals surface area contributed by atoms with Crippen molar-refractivity contribution < 1.29 is 14.6 Å². The number of amides is 1. The third kappa shape index (κ3) is 3.61. The van der Waals surface area contributed by atoms with E-state index in [1.807, 2.05) is 12.1 Å². The Morgan fingerprint density at radius 2 is 2.26 bits per heavy atom. The van der Waals surface area contributed by atoms with E-state index >= 15 is 0 Å². The van der Waals surface area contributed by atoms with Crippen LogP contribution < -0.4 is 10.5 Å². The molecule has 1 heterocycles. The molecular weight excluding hydrogens is 244 g/mol. The molecule has 2 rings (SSSR count). The maximum Gasteiger partial charge on any atom is 0.260 e. The molecule has 104 valence electrons. The molecule has 1 aromatic rings. The number of aliphatic hydroxyl groups excluding tert-OH is 1. The van der Waals surface area contributed by atoms with Crippen LogP contribution in [0.3, 0.4) is 0 Å². The monoisotopic (exact) mass is 264 g/mol. The van der Waals surface area contributed by atoms with Gasteiger partial charge in [0, 0.05) is 19.7 Å². The van der Waals surface area contributed by atoms with Crippen LogP contribution in [0.4, 0.5) is 5.69 Å². The van der Waals surface area contributed by atoms with Crippen molar-refractivity contribution in [3.05, 3.63) is 24.3 Å². The number of carbonyl (C=O) groups is 1. The van der Waals surface area contributed by atoms with Gasteiger partial charge in [-0.05, 0) is 30.9 Å². The van der Waals surface area contributed by atoms with E-state index in [-0.39, 0.29) is 25.0 Å². The summed E-state index contributed by atoms with van der Waals surface area (Å²) in [7, 11) is 0. The van der Waals surface area contributed by atoms with Crippen LogP contribution in [0.15, 0.2) is 24.3 Å². The van der Waals surface area contributed by atoms with Gasteiger partial charge in [0.2, 0.25) is 0 Å². The zero-order chi connectivity index (χ0) is 13.7. The Morgan fingerprint density at radius 3 is 3.00 bits per heavy atom. The number of likely N-dealkylation sites (tertiary alicyclic amines) is 1. The molecule has 1 atom stereocenters. The van der Waals surface area contributed by atoms with Gasteiger partial charge in [-0.1, -0.05) is 12.1 Å². The number of nitrogen functional groups attached to an aromatic ring is 1. The molecule has 1 unspecified atom stereocenters. The van der Waals surface area contributed by atoms with Crippen LogP contribution in [0.2, 0.25) is 0 Å². The van der Waals surface area contributed by atoms with Crippen molar-refractivity contribution in [2.75, 3.05) is 32.0 Å². The molecule has 1 amide bonds. The van der Waals surface area contributed by atoms with Gasteiger partial charge < -0.3 is 20.5 Å². The quantitative estimate of drug-likeness (QED) is 0.792. The molecule has 5 heteroatoms. The summed E-state index contributed by atoms with van der Waals surface area (Å²) in [5.74, 6) is 0.674. The number of para-hydroxylation sites is 2. The van der Waals surface area contributed by atoms with Gasteiger partial charge in [-0.3, -0.25) is 4.79 Å². The molecule has 3 N–H and O–H groups in total. The number of carbonyl (C=O) groups excluding carboxylic acids is 1. The smallest absolute Gasteiger partial charge is 0.260 e. The highest BCUT2D eigenvalue weighted by Crippen LogP contribution is 2.20. The Morgan fingerprint density at radius 1 is 1.47 bits per heavy atom. The number of ether oxygens (including phenoxy) is 1. The first-order chi connectivity index (χ1) is 9.20. The normalized spacial score (nSPS) is 19.2. The van der Waals surface area contributed by atoms with Gasteiger partial charge in [0.05, 0.1) is 5.69 Å². The van der Waals surface area contributed by atoms with Gasteiger partial charge in [0.15, 0.2) is 6.61 Å². The maximum atomic E-state index is 12.0. The van der Waals surface area contributed by atoms with Crippen LogP contribution in [0.25, 0.3) is 0 Å². The van der Waals surface area contributed by atoms with Crippen LogP contribution in [-0.2, 0) is 4.79 Å². The van der Waals surface area contributed by atoms with E-state index < -0.39 is 0 Å². The number of benzene rings is 1. The highest BCUT2D eigenvalue weighted by molar-refractivity contribution is 5.78. The first-order valence-corrected chi connectivity index (χ1v) is 6.56. The number of anilines is 1. The summed E-state index contributed by atoms with van der Waals surface area (Å²) in [5.41, 5.74) is 6.28. The van der Waals surface area contributed by atoms with Crippen LogP contribution in [0.5, 0.6) is 5.75 Å². The third-order valence-corrected chi connectivity index (χ3v) is 3.40. The molecule has 0 spiro atoms. The lowest BCUT2D eigenvalue weighted by Crippen LogP contribution is -2.43. The summed E-state index contributed by atoms with van der Waals surface area (Å²) in [4.78, 5) is 13.8. The summed E-state index contributed by atoms with van der Waals surface area (Å²) in [6, 6.07) is 7.12. The summed E-state index contributed by atoms with van der Waals surface area (Å²) in [5, 5.41) is 9.15. The number of piperidine rings is 1. The Bertz CT molecular complexity index is 436. The molecule has 1 aromatic carbocycles. The Labute approximate surface area is 113 Å². The second-order valence-electron chi connectivity index (χ2n) is 4.86. The molecule has 1 fully saturated rings. The fraction of sp³-hybridized carbons (Fsp3) is 0.500. The Kier molecular flexibility index (Phi) is 4.63. The van der Waals surface area contributed by atoms with Gasteiger partial charge >= 0.3 is 0 Å². The summed E-state index contributed by atoms with van der Waals surface area (Å²) in [6.45, 7) is 1.48. The average molecular weight is 264 g/mol. The van der Waals surface area contributed by atoms with E-state index in [0.29, 0.717) is 18.0 Å². The van der Waals surface area contributed by atoms with Gasteiger partial charge in [0.25, 0.3) is 5.91 Å². The highest BCUT2D eigenvalue weighted by atomic mass is 16.5. The van der Waals surface area contributed by atoms with Crippen molar-refractivity contribution in [3.8, 4) is 5.75 Å². The second kappa shape index (κ2) is 6.43. The molecule has 1 aliphatic heterocycles. The predicted molar refractivity (Wildman–Crippen MR) is 72.7 cm³/mol. The predicted octanol–water partition coefficient (Wildman–Crippen LogP) is 0.878. The number of hydrogen-bond donors (Lipinski definition) is 2. The van der Waals surface area contributed by atoms with E-state index in [9.17, 15) is 4.79 Å². The average Bonchev–Trinajstić information content (AvgIpc) is 2.46. The number of nitrogens with two attached hydrogens (primary N) is 1. The topological polar surface area (TPSA) is 75.8 Å². The standard InChI is InChI=1S/C14H20N2O3/c15-12-5-1-2-6-13(12)19-10-14(18)16-7-3-4-11(8-16)9-17/h1-2,5-6,11,17H,3-4,7-10,15H2. The van der Waals surface area contributed by atoms with E-state index in [1.54, 1.807) is 17.0 Å². The van der Waals surface area contributed by atoms with Gasteiger partial charge in [-0.15, -0.1) is 0 Å². The number of nitrogens with zero attached hydrogens (tertiary/aromatic N) is 1. The van der Waals surface area contributed by atoms with Crippen LogP contribution in [0, 0.1) is 5.92 Å². The van der Waals surface area contributed by atoms with E-state index in [1.165, 1.54) is 0 Å². The fourth-order valence-corrected chi connectivity index (χ4v) is 2.28. The number of aliphatic hydroxyl groups is 1. The number of hydrogen-bond acceptors (Lipinski definition) is 4. The van der Waals surface area contributed by atoms with Crippen molar-refractivity contribution in [2.45, 2.75) is 12.8 Å². The summed E-state index contributed by atoms with van der Waals surface area (Å²) < 4.78 is 5.44. The van der Waals surface area contributed by atoms with Gasteiger partial charge in [0.1, 0.15) is 5.75 Å². The molecule has 0 aliphatic carbocycles. The molecule has 1 saturated heterocycles. The molecule has 0 saturated carbocycles. The van der Waals surface area contributed by atoms with E-state index in [4.69, 9.17) is 15.6 Å². The van der Waals surface area contributed by atoms with Crippen LogP contribution in [-0.4, -0.2) is 42.2 Å². The number of rotatable bonds is 4. The second-order valence-corrected chi connectivity index (χ2v) is 4.86. The van der Waals surface area contributed by atoms with Crippen molar-refractivity contribution in [1.29, 1.82) is 0 Å². The lowest BCUT2D eigenvalue weighted by Gasteiger charge is -2.31. The zero-order valence-corrected chi connectivity index (χ0v) is 10.9. The molecule has 5 nitrogen and oxygen atoms in total. The summed E-state index contributed by atoms with van der Waals surface area (Å²) in [6.07, 6.45) is 1.91. The molecule has 0 bridgehead atoms. The molecular formula is C14H20N2O3. The van der Waals surface area contributed by atoms with Gasteiger partial charge in [-0.25, -0.2) is 0 Å². The fourth-order valence-electron chi connectivity index (χ4n) is 2.28.